The van der Waals surface area contributed by atoms with Crippen LogP contribution in [0.3, 0.4) is 0 Å². The topological polar surface area (TPSA) is 63.1 Å². The van der Waals surface area contributed by atoms with Crippen LogP contribution >= 0.6 is 11.8 Å². The van der Waals surface area contributed by atoms with Crippen molar-refractivity contribution in [2.75, 3.05) is 45.4 Å². The van der Waals surface area contributed by atoms with E-state index in [0.717, 1.165) is 10.5 Å². The molecule has 2 amide bonds. The van der Waals surface area contributed by atoms with Crippen LogP contribution in [0.4, 0.5) is 5.69 Å². The van der Waals surface area contributed by atoms with Gasteiger partial charge in [-0.05, 0) is 43.0 Å². The minimum Gasteiger partial charge on any atom is -0.495 e. The van der Waals surface area contributed by atoms with Gasteiger partial charge in [-0.15, -0.1) is 11.8 Å². The van der Waals surface area contributed by atoms with Crippen molar-refractivity contribution in [1.82, 2.24) is 4.90 Å². The molecule has 156 valence electrons. The fourth-order valence-corrected chi connectivity index (χ4v) is 3.33. The molecule has 2 N–H and O–H groups in total. The van der Waals surface area contributed by atoms with Crippen LogP contribution in [-0.2, 0) is 16.1 Å². The maximum absolute atomic E-state index is 12.6. The lowest BCUT2D eigenvalue weighted by Crippen LogP contribution is -3.13. The van der Waals surface area contributed by atoms with E-state index in [0.29, 0.717) is 24.5 Å². The van der Waals surface area contributed by atoms with Gasteiger partial charge in [-0.25, -0.2) is 0 Å². The zero-order valence-corrected chi connectivity index (χ0v) is 18.3. The molecule has 7 heteroatoms. The number of amides is 2. The maximum Gasteiger partial charge on any atom is 0.279 e. The van der Waals surface area contributed by atoms with Crippen molar-refractivity contribution in [1.29, 1.82) is 0 Å². The Morgan fingerprint density at radius 2 is 1.79 bits per heavy atom. The van der Waals surface area contributed by atoms with Crippen LogP contribution < -0.4 is 15.0 Å². The first-order valence-electron chi connectivity index (χ1n) is 9.60. The minimum absolute atomic E-state index is 0.0147. The number of para-hydroxylation sites is 2. The summed E-state index contributed by atoms with van der Waals surface area (Å²) in [6, 6.07) is 15.5. The molecule has 2 aromatic rings. The molecule has 0 aromatic heterocycles. The fraction of sp³-hybridized carbons (Fsp3) is 0.364. The molecule has 29 heavy (non-hydrogen) atoms. The van der Waals surface area contributed by atoms with Gasteiger partial charge < -0.3 is 19.9 Å². The fourth-order valence-electron chi connectivity index (χ4n) is 2.92. The van der Waals surface area contributed by atoms with E-state index in [1.807, 2.05) is 37.4 Å². The Kier molecular flexibility index (Phi) is 9.02. The lowest BCUT2D eigenvalue weighted by atomic mass is 10.2. The van der Waals surface area contributed by atoms with Gasteiger partial charge in [0.2, 0.25) is 0 Å². The van der Waals surface area contributed by atoms with Gasteiger partial charge in [0.05, 0.1) is 19.3 Å². The molecule has 0 aliphatic heterocycles. The van der Waals surface area contributed by atoms with Gasteiger partial charge in [0.15, 0.2) is 13.1 Å². The highest BCUT2D eigenvalue weighted by Crippen LogP contribution is 2.22. The first kappa shape index (κ1) is 22.8. The maximum atomic E-state index is 12.6. The number of quaternary nitrogens is 1. The number of methoxy groups -OCH3 is 1. The molecule has 2 rings (SSSR count). The molecule has 0 aliphatic carbocycles. The SMILES string of the molecule is CC[NH+](CC(=O)Nc1ccccc1OC)CC(=O)N(C)Cc1ccc(SC)cc1. The first-order valence-corrected chi connectivity index (χ1v) is 10.8. The average molecular weight is 417 g/mol. The third-order valence-corrected chi connectivity index (χ3v) is 5.44. The Labute approximate surface area is 177 Å². The Bertz CT molecular complexity index is 811. The van der Waals surface area contributed by atoms with Gasteiger partial charge in [-0.1, -0.05) is 24.3 Å². The number of thioether (sulfide) groups is 1. The Hall–Kier alpha value is -2.51. The Morgan fingerprint density at radius 1 is 1.10 bits per heavy atom. The van der Waals surface area contributed by atoms with Crippen molar-refractivity contribution in [2.24, 2.45) is 0 Å². The predicted octanol–water partition coefficient (Wildman–Crippen LogP) is 1.92. The van der Waals surface area contributed by atoms with Crippen molar-refractivity contribution in [3.8, 4) is 5.75 Å². The van der Waals surface area contributed by atoms with Gasteiger partial charge in [0.25, 0.3) is 11.8 Å². The Balaban J connectivity index is 1.88. The van der Waals surface area contributed by atoms with Crippen LogP contribution in [0, 0.1) is 0 Å². The summed E-state index contributed by atoms with van der Waals surface area (Å²) >= 11 is 1.69. The molecule has 0 heterocycles. The number of hydrogen-bond donors (Lipinski definition) is 2. The van der Waals surface area contributed by atoms with Gasteiger partial charge in [0.1, 0.15) is 5.75 Å². The molecule has 6 nitrogen and oxygen atoms in total. The summed E-state index contributed by atoms with van der Waals surface area (Å²) in [5, 5.41) is 2.87. The number of nitrogens with zero attached hydrogens (tertiary/aromatic N) is 1. The lowest BCUT2D eigenvalue weighted by Gasteiger charge is -2.22. The standard InChI is InChI=1S/C22H29N3O3S/c1-5-25(15-21(26)23-19-8-6-7-9-20(19)28-3)16-22(27)24(2)14-17-10-12-18(29-4)13-11-17/h6-13H,5,14-16H2,1-4H3,(H,23,26)/p+1. The van der Waals surface area contributed by atoms with Crippen LogP contribution in [0.25, 0.3) is 0 Å². The highest BCUT2D eigenvalue weighted by molar-refractivity contribution is 7.98. The average Bonchev–Trinajstić information content (AvgIpc) is 2.74. The molecular formula is C22H30N3O3S+. The molecular weight excluding hydrogens is 386 g/mol. The summed E-state index contributed by atoms with van der Waals surface area (Å²) in [4.78, 5) is 28.9. The van der Waals surface area contributed by atoms with Crippen molar-refractivity contribution < 1.29 is 19.2 Å². The number of nitrogens with one attached hydrogen (secondary N) is 2. The lowest BCUT2D eigenvalue weighted by molar-refractivity contribution is -0.882. The van der Waals surface area contributed by atoms with Crippen LogP contribution in [0.1, 0.15) is 12.5 Å². The normalized spacial score (nSPS) is 11.6. The number of benzene rings is 2. The van der Waals surface area contributed by atoms with Gasteiger partial charge in [-0.3, -0.25) is 9.59 Å². The van der Waals surface area contributed by atoms with E-state index in [9.17, 15) is 9.59 Å². The first-order chi connectivity index (χ1) is 14.0. The van der Waals surface area contributed by atoms with Gasteiger partial charge in [-0.2, -0.15) is 0 Å². The molecule has 1 unspecified atom stereocenters. The highest BCUT2D eigenvalue weighted by atomic mass is 32.2. The summed E-state index contributed by atoms with van der Waals surface area (Å²) in [6.45, 7) is 3.70. The molecule has 0 radical (unpaired) electrons. The number of ether oxygens (including phenoxy) is 1. The zero-order valence-electron chi connectivity index (χ0n) is 17.5. The molecule has 1 atom stereocenters. The summed E-state index contributed by atoms with van der Waals surface area (Å²) in [5.41, 5.74) is 1.72. The van der Waals surface area contributed by atoms with Crippen molar-refractivity contribution >= 4 is 29.3 Å². The molecule has 0 bridgehead atoms. The number of rotatable bonds is 10. The van der Waals surface area contributed by atoms with E-state index in [-0.39, 0.29) is 24.9 Å². The third kappa shape index (κ3) is 7.11. The van der Waals surface area contributed by atoms with E-state index in [1.165, 1.54) is 4.90 Å². The second-order valence-electron chi connectivity index (χ2n) is 6.80. The van der Waals surface area contributed by atoms with Crippen molar-refractivity contribution in [3.05, 3.63) is 54.1 Å². The summed E-state index contributed by atoms with van der Waals surface area (Å²) < 4.78 is 5.26. The zero-order chi connectivity index (χ0) is 21.2. The van der Waals surface area contributed by atoms with E-state index < -0.39 is 0 Å². The second kappa shape index (κ2) is 11.5. The molecule has 2 aromatic carbocycles. The monoisotopic (exact) mass is 416 g/mol. The van der Waals surface area contributed by atoms with Crippen LogP contribution in [-0.4, -0.2) is 56.8 Å². The number of carbonyl (C=O) groups is 2. The van der Waals surface area contributed by atoms with Crippen molar-refractivity contribution in [3.63, 3.8) is 0 Å². The van der Waals surface area contributed by atoms with Crippen LogP contribution in [0.2, 0.25) is 0 Å². The van der Waals surface area contributed by atoms with E-state index in [2.05, 4.69) is 17.4 Å². The minimum atomic E-state index is -0.144. The van der Waals surface area contributed by atoms with E-state index in [1.54, 1.807) is 43.0 Å². The van der Waals surface area contributed by atoms with Crippen LogP contribution in [0.15, 0.2) is 53.4 Å². The summed E-state index contributed by atoms with van der Waals surface area (Å²) in [6.07, 6.45) is 2.04. The molecule has 0 aliphatic rings. The van der Waals surface area contributed by atoms with E-state index in [4.69, 9.17) is 4.74 Å². The third-order valence-electron chi connectivity index (χ3n) is 4.70. The number of hydrogen-bond acceptors (Lipinski definition) is 4. The smallest absolute Gasteiger partial charge is 0.279 e. The quantitative estimate of drug-likeness (QED) is 0.581. The number of likely N-dealkylation sites (N-methyl/N-ethyl adjacent to an activating group) is 2. The second-order valence-corrected chi connectivity index (χ2v) is 7.68. The van der Waals surface area contributed by atoms with Gasteiger partial charge >= 0.3 is 0 Å². The molecule has 0 spiro atoms. The molecule has 0 saturated heterocycles. The van der Waals surface area contributed by atoms with E-state index >= 15 is 0 Å². The highest BCUT2D eigenvalue weighted by Gasteiger charge is 2.20. The largest absolute Gasteiger partial charge is 0.495 e. The Morgan fingerprint density at radius 3 is 2.41 bits per heavy atom. The molecule has 0 saturated carbocycles. The predicted molar refractivity (Wildman–Crippen MR) is 118 cm³/mol. The number of anilines is 1. The molecule has 0 fully saturated rings. The van der Waals surface area contributed by atoms with Gasteiger partial charge in [0, 0.05) is 18.5 Å². The number of carbonyl (C=O) groups excluding carboxylic acids is 2. The summed E-state index contributed by atoms with van der Waals surface area (Å²) in [7, 11) is 3.37. The van der Waals surface area contributed by atoms with Crippen molar-refractivity contribution in [2.45, 2.75) is 18.4 Å². The summed E-state index contributed by atoms with van der Waals surface area (Å²) in [5.74, 6) is 0.484. The van der Waals surface area contributed by atoms with Crippen LogP contribution in [0.5, 0.6) is 5.75 Å².